The molecule has 1 atom stereocenters. The minimum atomic E-state index is 0. The summed E-state index contributed by atoms with van der Waals surface area (Å²) in [6, 6.07) is 14.2. The Morgan fingerprint density at radius 3 is 2.79 bits per heavy atom. The first-order valence-electron chi connectivity index (χ1n) is 9.57. The minimum absolute atomic E-state index is 0. The predicted molar refractivity (Wildman–Crippen MR) is 129 cm³/mol. The van der Waals surface area contributed by atoms with Crippen molar-refractivity contribution < 1.29 is 9.53 Å². The molecule has 29 heavy (non-hydrogen) atoms. The van der Waals surface area contributed by atoms with E-state index in [2.05, 4.69) is 46.1 Å². The molecule has 7 heteroatoms. The number of nitrogens with zero attached hydrogens (tertiary/aromatic N) is 1. The van der Waals surface area contributed by atoms with Crippen molar-refractivity contribution in [3.05, 3.63) is 59.2 Å². The molecule has 0 aromatic heterocycles. The van der Waals surface area contributed by atoms with Crippen LogP contribution in [0, 0.1) is 6.92 Å². The third-order valence-electron chi connectivity index (χ3n) is 4.97. The highest BCUT2D eigenvalue weighted by molar-refractivity contribution is 14.0. The smallest absolute Gasteiger partial charge is 0.225 e. The van der Waals surface area contributed by atoms with Gasteiger partial charge in [0, 0.05) is 38.2 Å². The summed E-state index contributed by atoms with van der Waals surface area (Å²) in [5.74, 6) is 1.82. The monoisotopic (exact) mass is 508 g/mol. The first-order chi connectivity index (χ1) is 13.6. The van der Waals surface area contributed by atoms with Gasteiger partial charge in [-0.1, -0.05) is 35.9 Å². The van der Waals surface area contributed by atoms with Gasteiger partial charge in [0.1, 0.15) is 5.75 Å². The highest BCUT2D eigenvalue weighted by atomic mass is 127. The van der Waals surface area contributed by atoms with Crippen LogP contribution in [0.2, 0.25) is 0 Å². The van der Waals surface area contributed by atoms with E-state index in [1.807, 2.05) is 24.3 Å². The number of aliphatic imine (C=N–C) groups is 1. The number of carbonyl (C=O) groups excluding carboxylic acids is 1. The number of carbonyl (C=O) groups is 1. The number of hydrogen-bond acceptors (Lipinski definition) is 3. The maximum absolute atomic E-state index is 12.0. The molecule has 3 N–H and O–H groups in total. The molecule has 0 radical (unpaired) electrons. The molecular weight excluding hydrogens is 479 g/mol. The van der Waals surface area contributed by atoms with Crippen LogP contribution in [0.15, 0.2) is 47.5 Å². The lowest BCUT2D eigenvalue weighted by atomic mass is 9.90. The average molecular weight is 508 g/mol. The largest absolute Gasteiger partial charge is 0.496 e. The number of benzene rings is 2. The van der Waals surface area contributed by atoms with Gasteiger partial charge < -0.3 is 20.7 Å². The fourth-order valence-corrected chi connectivity index (χ4v) is 3.54. The van der Waals surface area contributed by atoms with E-state index in [1.165, 1.54) is 11.1 Å². The number of guanidine groups is 1. The quantitative estimate of drug-likeness (QED) is 0.318. The Bertz CT molecular complexity index is 870. The summed E-state index contributed by atoms with van der Waals surface area (Å²) in [6.07, 6.45) is 1.31. The Morgan fingerprint density at radius 1 is 1.24 bits per heavy atom. The molecule has 0 bridgehead atoms. The van der Waals surface area contributed by atoms with Gasteiger partial charge in [-0.25, -0.2) is 0 Å². The van der Waals surface area contributed by atoms with Crippen molar-refractivity contribution in [1.29, 1.82) is 0 Å². The summed E-state index contributed by atoms with van der Waals surface area (Å²) in [7, 11) is 3.45. The van der Waals surface area contributed by atoms with Gasteiger partial charge in [0.25, 0.3) is 0 Å². The van der Waals surface area contributed by atoms with E-state index in [1.54, 1.807) is 14.2 Å². The summed E-state index contributed by atoms with van der Waals surface area (Å²) >= 11 is 0. The van der Waals surface area contributed by atoms with Crippen molar-refractivity contribution in [3.63, 3.8) is 0 Å². The number of nitrogens with one attached hydrogen (secondary N) is 3. The van der Waals surface area contributed by atoms with E-state index < -0.39 is 0 Å². The van der Waals surface area contributed by atoms with Crippen LogP contribution in [-0.2, 0) is 11.2 Å². The van der Waals surface area contributed by atoms with Crippen LogP contribution in [-0.4, -0.2) is 39.1 Å². The zero-order valence-electron chi connectivity index (χ0n) is 17.1. The Balaban J connectivity index is 0.00000300. The highest BCUT2D eigenvalue weighted by Gasteiger charge is 2.24. The van der Waals surface area contributed by atoms with Crippen molar-refractivity contribution in [2.24, 2.45) is 4.99 Å². The normalized spacial score (nSPS) is 15.6. The minimum Gasteiger partial charge on any atom is -0.496 e. The van der Waals surface area contributed by atoms with Gasteiger partial charge in [-0.2, -0.15) is 0 Å². The van der Waals surface area contributed by atoms with E-state index in [4.69, 9.17) is 4.74 Å². The Labute approximate surface area is 189 Å². The molecule has 2 aromatic carbocycles. The van der Waals surface area contributed by atoms with Crippen molar-refractivity contribution in [2.45, 2.75) is 25.7 Å². The van der Waals surface area contributed by atoms with Crippen molar-refractivity contribution in [1.82, 2.24) is 10.6 Å². The average Bonchev–Trinajstić information content (AvgIpc) is 2.70. The lowest BCUT2D eigenvalue weighted by molar-refractivity contribution is -0.116. The summed E-state index contributed by atoms with van der Waals surface area (Å²) < 4.78 is 5.44. The number of methoxy groups -OCH3 is 1. The van der Waals surface area contributed by atoms with Crippen LogP contribution >= 0.6 is 24.0 Å². The third-order valence-corrected chi connectivity index (χ3v) is 4.97. The number of aryl methyl sites for hydroxylation is 1. The van der Waals surface area contributed by atoms with Crippen molar-refractivity contribution >= 4 is 41.5 Å². The van der Waals surface area contributed by atoms with E-state index in [9.17, 15) is 4.79 Å². The zero-order chi connectivity index (χ0) is 19.9. The maximum atomic E-state index is 12.0. The van der Waals surface area contributed by atoms with E-state index in [-0.39, 0.29) is 35.8 Å². The summed E-state index contributed by atoms with van der Waals surface area (Å²) in [4.78, 5) is 16.3. The molecule has 0 saturated carbocycles. The third kappa shape index (κ3) is 6.09. The molecule has 0 aliphatic carbocycles. The number of amides is 1. The molecule has 0 spiro atoms. The Morgan fingerprint density at radius 2 is 2.03 bits per heavy atom. The molecule has 1 heterocycles. The Hall–Kier alpha value is -2.29. The van der Waals surface area contributed by atoms with Gasteiger partial charge in [0.05, 0.1) is 7.11 Å². The van der Waals surface area contributed by atoms with Gasteiger partial charge in [-0.05, 0) is 36.6 Å². The molecule has 3 rings (SSSR count). The van der Waals surface area contributed by atoms with E-state index in [0.29, 0.717) is 13.0 Å². The predicted octanol–water partition coefficient (Wildman–Crippen LogP) is 3.46. The van der Waals surface area contributed by atoms with Crippen LogP contribution < -0.4 is 20.7 Å². The summed E-state index contributed by atoms with van der Waals surface area (Å²) in [5.41, 5.74) is 4.45. The number of anilines is 1. The first kappa shape index (κ1) is 23.0. The number of rotatable bonds is 6. The fraction of sp³-hybridized carbons (Fsp3) is 0.364. The molecule has 1 aliphatic heterocycles. The van der Waals surface area contributed by atoms with Crippen LogP contribution in [0.5, 0.6) is 5.75 Å². The van der Waals surface area contributed by atoms with Crippen LogP contribution in [0.4, 0.5) is 5.69 Å². The molecule has 2 aromatic rings. The number of ether oxygens (including phenoxy) is 1. The Kier molecular flexibility index (Phi) is 8.75. The number of hydrogen-bond donors (Lipinski definition) is 3. The molecule has 0 fully saturated rings. The van der Waals surface area contributed by atoms with Gasteiger partial charge in [0.2, 0.25) is 5.91 Å². The number of para-hydroxylation sites is 1. The molecule has 6 nitrogen and oxygen atoms in total. The zero-order valence-corrected chi connectivity index (χ0v) is 19.4. The number of fused-ring (bicyclic) bond motifs is 1. The lowest BCUT2D eigenvalue weighted by Gasteiger charge is -2.26. The van der Waals surface area contributed by atoms with Crippen LogP contribution in [0.1, 0.15) is 29.0 Å². The molecule has 0 saturated heterocycles. The lowest BCUT2D eigenvalue weighted by Crippen LogP contribution is -2.41. The van der Waals surface area contributed by atoms with E-state index in [0.717, 1.165) is 35.9 Å². The second-order valence-corrected chi connectivity index (χ2v) is 6.98. The maximum Gasteiger partial charge on any atom is 0.225 e. The first-order valence-corrected chi connectivity index (χ1v) is 9.57. The second kappa shape index (κ2) is 11.0. The molecule has 1 unspecified atom stereocenters. The van der Waals surface area contributed by atoms with Gasteiger partial charge >= 0.3 is 0 Å². The van der Waals surface area contributed by atoms with Crippen molar-refractivity contribution in [3.8, 4) is 5.75 Å². The topological polar surface area (TPSA) is 74.8 Å². The van der Waals surface area contributed by atoms with Gasteiger partial charge in [0.15, 0.2) is 5.96 Å². The van der Waals surface area contributed by atoms with Crippen LogP contribution in [0.3, 0.4) is 0 Å². The standard InChI is InChI=1S/C22H28N4O2.HI/c1-15-8-9-20(28-3)16(12-15)10-11-24-22(23-2)25-14-17-13-21(27)26-19-7-5-4-6-18(17)19;/h4-9,12,17H,10-11,13-14H2,1-3H3,(H,26,27)(H2,23,24,25);1H. The fourth-order valence-electron chi connectivity index (χ4n) is 3.54. The summed E-state index contributed by atoms with van der Waals surface area (Å²) in [5, 5.41) is 9.64. The van der Waals surface area contributed by atoms with Gasteiger partial charge in [-0.15, -0.1) is 24.0 Å². The van der Waals surface area contributed by atoms with Crippen molar-refractivity contribution in [2.75, 3.05) is 32.6 Å². The molecule has 156 valence electrons. The molecular formula is C22H29IN4O2. The van der Waals surface area contributed by atoms with Gasteiger partial charge in [-0.3, -0.25) is 9.79 Å². The SMILES string of the molecule is CN=C(NCCc1cc(C)ccc1OC)NCC1CC(=O)Nc2ccccc21.I. The highest BCUT2D eigenvalue weighted by Crippen LogP contribution is 2.31. The molecule has 1 aliphatic rings. The second-order valence-electron chi connectivity index (χ2n) is 6.98. The van der Waals surface area contributed by atoms with E-state index >= 15 is 0 Å². The summed E-state index contributed by atoms with van der Waals surface area (Å²) in [6.45, 7) is 3.47. The number of halogens is 1. The molecule has 1 amide bonds. The van der Waals surface area contributed by atoms with Crippen LogP contribution in [0.25, 0.3) is 0 Å².